The quantitative estimate of drug-likeness (QED) is 0.562. The summed E-state index contributed by atoms with van der Waals surface area (Å²) in [7, 11) is 1.25. The van der Waals surface area contributed by atoms with E-state index in [-0.39, 0.29) is 6.42 Å². The molecule has 1 unspecified atom stereocenters. The Bertz CT molecular complexity index is 169. The third-order valence-corrected chi connectivity index (χ3v) is 1.41. The van der Waals surface area contributed by atoms with Crippen LogP contribution in [0.2, 0.25) is 0 Å². The lowest BCUT2D eigenvalue weighted by Crippen LogP contribution is -2.31. The van der Waals surface area contributed by atoms with Gasteiger partial charge in [0.15, 0.2) is 0 Å². The molecule has 0 saturated carbocycles. The maximum atomic E-state index is 10.7. The fourth-order valence-corrected chi connectivity index (χ4v) is 0.742. The maximum absolute atomic E-state index is 10.7. The van der Waals surface area contributed by atoms with Crippen LogP contribution in [0.1, 0.15) is 19.3 Å². The fourth-order valence-electron chi connectivity index (χ4n) is 0.742. The van der Waals surface area contributed by atoms with Gasteiger partial charge < -0.3 is 15.6 Å². The molecule has 5 heteroatoms. The van der Waals surface area contributed by atoms with Crippen LogP contribution in [0.5, 0.6) is 0 Å². The van der Waals surface area contributed by atoms with Crippen molar-refractivity contribution in [3.63, 3.8) is 0 Å². The topological polar surface area (TPSA) is 89.6 Å². The predicted octanol–water partition coefficient (Wildman–Crippen LogP) is -0.258. The molecule has 0 heterocycles. The first-order chi connectivity index (χ1) is 5.57. The van der Waals surface area contributed by atoms with Crippen molar-refractivity contribution in [3.05, 3.63) is 0 Å². The molecule has 0 bridgehead atoms. The SMILES string of the molecule is COC(=O)C(N)CCCC(=O)O. The summed E-state index contributed by atoms with van der Waals surface area (Å²) in [6.45, 7) is 0. The molecule has 0 aromatic carbocycles. The van der Waals surface area contributed by atoms with Gasteiger partial charge >= 0.3 is 11.9 Å². The molecule has 3 N–H and O–H groups in total. The van der Waals surface area contributed by atoms with Crippen molar-refractivity contribution in [2.24, 2.45) is 5.73 Å². The number of carbonyl (C=O) groups excluding carboxylic acids is 1. The predicted molar refractivity (Wildman–Crippen MR) is 41.5 cm³/mol. The summed E-state index contributed by atoms with van der Waals surface area (Å²) in [4.78, 5) is 20.8. The highest BCUT2D eigenvalue weighted by Crippen LogP contribution is 1.99. The smallest absolute Gasteiger partial charge is 0.322 e. The molecule has 5 nitrogen and oxygen atoms in total. The van der Waals surface area contributed by atoms with Crippen LogP contribution < -0.4 is 5.73 Å². The number of methoxy groups -OCH3 is 1. The van der Waals surface area contributed by atoms with Crippen molar-refractivity contribution in [2.75, 3.05) is 7.11 Å². The highest BCUT2D eigenvalue weighted by Gasteiger charge is 2.13. The molecular weight excluding hydrogens is 162 g/mol. The molecule has 0 spiro atoms. The number of hydrogen-bond donors (Lipinski definition) is 2. The molecule has 70 valence electrons. The van der Waals surface area contributed by atoms with Crippen molar-refractivity contribution >= 4 is 11.9 Å². The third kappa shape index (κ3) is 4.68. The van der Waals surface area contributed by atoms with E-state index in [0.717, 1.165) is 0 Å². The van der Waals surface area contributed by atoms with Gasteiger partial charge in [0, 0.05) is 6.42 Å². The number of carbonyl (C=O) groups is 2. The first-order valence-corrected chi connectivity index (χ1v) is 3.63. The number of carboxylic acid groups (broad SMARTS) is 1. The molecule has 0 saturated heterocycles. The molecule has 0 radical (unpaired) electrons. The summed E-state index contributed by atoms with van der Waals surface area (Å²) >= 11 is 0. The molecule has 0 aromatic heterocycles. The van der Waals surface area contributed by atoms with Gasteiger partial charge in [0.2, 0.25) is 0 Å². The van der Waals surface area contributed by atoms with Gasteiger partial charge in [-0.15, -0.1) is 0 Å². The highest BCUT2D eigenvalue weighted by atomic mass is 16.5. The number of esters is 1. The first-order valence-electron chi connectivity index (χ1n) is 3.63. The lowest BCUT2D eigenvalue weighted by molar-refractivity contribution is -0.143. The Hall–Kier alpha value is -1.10. The van der Waals surface area contributed by atoms with Crippen LogP contribution in [0, 0.1) is 0 Å². The number of nitrogens with two attached hydrogens (primary N) is 1. The monoisotopic (exact) mass is 175 g/mol. The second kappa shape index (κ2) is 5.54. The van der Waals surface area contributed by atoms with Gasteiger partial charge in [0.1, 0.15) is 6.04 Å². The Labute approximate surface area is 70.5 Å². The summed E-state index contributed by atoms with van der Waals surface area (Å²) in [5, 5.41) is 8.27. The minimum Gasteiger partial charge on any atom is -0.481 e. The molecule has 0 aliphatic heterocycles. The van der Waals surface area contributed by atoms with Crippen molar-refractivity contribution in [2.45, 2.75) is 25.3 Å². The Morgan fingerprint density at radius 1 is 1.58 bits per heavy atom. The van der Waals surface area contributed by atoms with Gasteiger partial charge in [-0.2, -0.15) is 0 Å². The van der Waals surface area contributed by atoms with Gasteiger partial charge in [-0.05, 0) is 12.8 Å². The zero-order valence-corrected chi connectivity index (χ0v) is 6.95. The maximum Gasteiger partial charge on any atom is 0.322 e. The largest absolute Gasteiger partial charge is 0.481 e. The van der Waals surface area contributed by atoms with E-state index in [0.29, 0.717) is 12.8 Å². The van der Waals surface area contributed by atoms with E-state index < -0.39 is 18.0 Å². The summed E-state index contributed by atoms with van der Waals surface area (Å²) in [5.41, 5.74) is 5.35. The van der Waals surface area contributed by atoms with Crippen molar-refractivity contribution in [3.8, 4) is 0 Å². The standard InChI is InChI=1S/C7H13NO4/c1-12-7(11)5(8)3-2-4-6(9)10/h5H,2-4,8H2,1H3,(H,9,10). The normalized spacial score (nSPS) is 12.2. The lowest BCUT2D eigenvalue weighted by Gasteiger charge is -2.06. The summed E-state index contributed by atoms with van der Waals surface area (Å²) in [6, 6.07) is -0.700. The molecule has 12 heavy (non-hydrogen) atoms. The number of ether oxygens (including phenoxy) is 1. The minimum atomic E-state index is -0.882. The summed E-state index contributed by atoms with van der Waals surface area (Å²) in [5.74, 6) is -1.38. The lowest BCUT2D eigenvalue weighted by atomic mass is 10.1. The van der Waals surface area contributed by atoms with Gasteiger partial charge in [0.05, 0.1) is 7.11 Å². The Kier molecular flexibility index (Phi) is 5.03. The van der Waals surface area contributed by atoms with E-state index in [1.165, 1.54) is 7.11 Å². The van der Waals surface area contributed by atoms with Crippen molar-refractivity contribution in [1.82, 2.24) is 0 Å². The molecule has 0 aromatic rings. The van der Waals surface area contributed by atoms with E-state index in [1.54, 1.807) is 0 Å². The van der Waals surface area contributed by atoms with Crippen molar-refractivity contribution in [1.29, 1.82) is 0 Å². The van der Waals surface area contributed by atoms with Gasteiger partial charge in [-0.1, -0.05) is 0 Å². The average Bonchev–Trinajstić information content (AvgIpc) is 2.02. The van der Waals surface area contributed by atoms with Crippen LogP contribution in [0.25, 0.3) is 0 Å². The van der Waals surface area contributed by atoms with Gasteiger partial charge in [0.25, 0.3) is 0 Å². The van der Waals surface area contributed by atoms with Crippen molar-refractivity contribution < 1.29 is 19.4 Å². The first kappa shape index (κ1) is 10.9. The Balaban J connectivity index is 3.50. The highest BCUT2D eigenvalue weighted by molar-refractivity contribution is 5.75. The van der Waals surface area contributed by atoms with E-state index in [1.807, 2.05) is 0 Å². The zero-order valence-electron chi connectivity index (χ0n) is 6.95. The van der Waals surface area contributed by atoms with E-state index in [9.17, 15) is 9.59 Å². The fraction of sp³-hybridized carbons (Fsp3) is 0.714. The molecule has 1 atom stereocenters. The van der Waals surface area contributed by atoms with E-state index in [4.69, 9.17) is 10.8 Å². The van der Waals surface area contributed by atoms with Crippen LogP contribution >= 0.6 is 0 Å². The molecule has 0 amide bonds. The summed E-state index contributed by atoms with van der Waals surface area (Å²) in [6.07, 6.45) is 0.773. The van der Waals surface area contributed by atoms with Gasteiger partial charge in [-0.3, -0.25) is 9.59 Å². The Morgan fingerprint density at radius 2 is 2.17 bits per heavy atom. The van der Waals surface area contributed by atoms with Crippen LogP contribution in [-0.2, 0) is 14.3 Å². The summed E-state index contributed by atoms with van der Waals surface area (Å²) < 4.78 is 4.36. The second-order valence-electron chi connectivity index (χ2n) is 2.42. The Morgan fingerprint density at radius 3 is 2.58 bits per heavy atom. The zero-order chi connectivity index (χ0) is 9.56. The second-order valence-corrected chi connectivity index (χ2v) is 2.42. The van der Waals surface area contributed by atoms with Crippen LogP contribution in [0.3, 0.4) is 0 Å². The molecule has 0 aliphatic rings. The average molecular weight is 175 g/mol. The van der Waals surface area contributed by atoms with E-state index >= 15 is 0 Å². The van der Waals surface area contributed by atoms with Crippen LogP contribution in [0.15, 0.2) is 0 Å². The molecule has 0 aliphatic carbocycles. The van der Waals surface area contributed by atoms with Gasteiger partial charge in [-0.25, -0.2) is 0 Å². The van der Waals surface area contributed by atoms with Crippen LogP contribution in [-0.4, -0.2) is 30.2 Å². The molecular formula is C7H13NO4. The number of rotatable bonds is 5. The van der Waals surface area contributed by atoms with Crippen LogP contribution in [0.4, 0.5) is 0 Å². The minimum absolute atomic E-state index is 0.0324. The van der Waals surface area contributed by atoms with E-state index in [2.05, 4.69) is 4.74 Å². The number of hydrogen-bond acceptors (Lipinski definition) is 4. The number of aliphatic carboxylic acids is 1. The molecule has 0 rings (SSSR count). The molecule has 0 fully saturated rings. The third-order valence-electron chi connectivity index (χ3n) is 1.41. The number of carboxylic acids is 1.